The second kappa shape index (κ2) is 13.9. The van der Waals surface area contributed by atoms with Gasteiger partial charge in [0.1, 0.15) is 11.5 Å². The summed E-state index contributed by atoms with van der Waals surface area (Å²) in [5.74, 6) is 0.701. The quantitative estimate of drug-likeness (QED) is 0.137. The van der Waals surface area contributed by atoms with Crippen LogP contribution in [0.4, 0.5) is 0 Å². The van der Waals surface area contributed by atoms with Gasteiger partial charge >= 0.3 is 0 Å². The van der Waals surface area contributed by atoms with Crippen molar-refractivity contribution in [3.63, 3.8) is 0 Å². The molecular formula is C41H63N3O3. The third-order valence-corrected chi connectivity index (χ3v) is 9.07. The molecule has 0 saturated heterocycles. The fraction of sp³-hybridized carbons (Fsp3) is 0.561. The van der Waals surface area contributed by atoms with E-state index in [1.54, 1.807) is 0 Å². The number of hydrogen-bond acceptors (Lipinski definition) is 6. The third-order valence-electron chi connectivity index (χ3n) is 9.07. The Morgan fingerprint density at radius 1 is 0.532 bits per heavy atom. The lowest BCUT2D eigenvalue weighted by Gasteiger charge is -2.31. The zero-order valence-electron chi connectivity index (χ0n) is 32.0. The van der Waals surface area contributed by atoms with Crippen molar-refractivity contribution >= 4 is 0 Å². The van der Waals surface area contributed by atoms with E-state index in [2.05, 4.69) is 133 Å². The monoisotopic (exact) mass is 645 g/mol. The first-order valence-corrected chi connectivity index (χ1v) is 17.0. The highest BCUT2D eigenvalue weighted by Gasteiger charge is 2.28. The number of hydrazine groups is 1. The van der Waals surface area contributed by atoms with Gasteiger partial charge in [0.15, 0.2) is 0 Å². The molecule has 0 fully saturated rings. The van der Waals surface area contributed by atoms with Crippen LogP contribution in [0.15, 0.2) is 36.4 Å². The maximum absolute atomic E-state index is 11.4. The molecule has 47 heavy (non-hydrogen) atoms. The van der Waals surface area contributed by atoms with Crippen LogP contribution in [0.2, 0.25) is 0 Å². The van der Waals surface area contributed by atoms with Crippen molar-refractivity contribution in [2.75, 3.05) is 6.67 Å². The molecule has 0 aliphatic carbocycles. The lowest BCUT2D eigenvalue weighted by atomic mass is 9.78. The predicted molar refractivity (Wildman–Crippen MR) is 196 cm³/mol. The van der Waals surface area contributed by atoms with Gasteiger partial charge in [-0.3, -0.25) is 0 Å². The first kappa shape index (κ1) is 38.5. The van der Waals surface area contributed by atoms with E-state index in [4.69, 9.17) is 0 Å². The van der Waals surface area contributed by atoms with E-state index in [0.717, 1.165) is 38.9 Å². The molecule has 0 amide bonds. The average molecular weight is 646 g/mol. The molecule has 0 saturated carbocycles. The van der Waals surface area contributed by atoms with Gasteiger partial charge in [-0.25, -0.2) is 10.4 Å². The maximum Gasteiger partial charge on any atom is 0.123 e. The van der Waals surface area contributed by atoms with E-state index in [1.165, 1.54) is 21.8 Å². The Kier molecular flexibility index (Phi) is 11.4. The second-order valence-electron chi connectivity index (χ2n) is 17.8. The van der Waals surface area contributed by atoms with Crippen molar-refractivity contribution in [1.29, 1.82) is 0 Å². The Morgan fingerprint density at radius 3 is 1.43 bits per heavy atom. The Morgan fingerprint density at radius 2 is 0.936 bits per heavy atom. The number of aryl methyl sites for hydroxylation is 2. The molecule has 3 rings (SSSR count). The van der Waals surface area contributed by atoms with Gasteiger partial charge in [-0.2, -0.15) is 5.06 Å². The standard InChI is InChI=1S/C41H63N3O3/c1-26-16-30(19-32(28(26)3)38(4,5)6)24-44(47)25-43(42-22-29-17-27(2)36(45)33(18-29)39(7,8)9)23-31-20-34(40(10,11)12)37(46)35(21-31)41(13,14)15/h16-21,42,45-47H,22-25H2,1-15H3. The van der Waals surface area contributed by atoms with Crippen LogP contribution in [0.3, 0.4) is 0 Å². The summed E-state index contributed by atoms with van der Waals surface area (Å²) in [5.41, 5.74) is 13.5. The lowest BCUT2D eigenvalue weighted by molar-refractivity contribution is -0.144. The highest BCUT2D eigenvalue weighted by molar-refractivity contribution is 5.50. The number of hydroxylamine groups is 2. The zero-order valence-corrected chi connectivity index (χ0v) is 32.0. The number of phenols is 2. The van der Waals surface area contributed by atoms with Gasteiger partial charge in [0.25, 0.3) is 0 Å². The molecule has 3 aromatic rings. The third kappa shape index (κ3) is 9.82. The molecule has 0 atom stereocenters. The number of hydrogen-bond donors (Lipinski definition) is 4. The second-order valence-corrected chi connectivity index (χ2v) is 17.8. The number of rotatable bonds is 9. The van der Waals surface area contributed by atoms with Crippen molar-refractivity contribution in [3.05, 3.63) is 92.0 Å². The molecule has 0 heterocycles. The molecule has 0 unspecified atom stereocenters. The van der Waals surface area contributed by atoms with Gasteiger partial charge in [-0.1, -0.05) is 119 Å². The molecule has 6 heteroatoms. The number of phenolic OH excluding ortho intramolecular Hbond substituents is 2. The summed E-state index contributed by atoms with van der Waals surface area (Å²) in [4.78, 5) is 0. The van der Waals surface area contributed by atoms with Crippen molar-refractivity contribution in [3.8, 4) is 11.5 Å². The molecule has 3 aromatic carbocycles. The normalized spacial score (nSPS) is 13.2. The highest BCUT2D eigenvalue weighted by Crippen LogP contribution is 2.40. The first-order chi connectivity index (χ1) is 21.3. The summed E-state index contributed by atoms with van der Waals surface area (Å²) in [6.45, 7) is 33.7. The molecule has 0 radical (unpaired) electrons. The Hall–Kier alpha value is -2.90. The minimum absolute atomic E-state index is 0.00127. The SMILES string of the molecule is Cc1cc(CN(O)CN(Cc2cc(C(C)(C)C)c(O)c(C(C)(C)C)c2)NCc2cc(C)c(O)c(C(C)(C)C)c2)cc(C(C)(C)C)c1C. The van der Waals surface area contributed by atoms with Crippen molar-refractivity contribution < 1.29 is 15.4 Å². The van der Waals surface area contributed by atoms with Crippen molar-refractivity contribution in [2.24, 2.45) is 0 Å². The van der Waals surface area contributed by atoms with E-state index in [0.29, 0.717) is 31.1 Å². The molecule has 0 spiro atoms. The highest BCUT2D eigenvalue weighted by atomic mass is 16.5. The number of benzene rings is 3. The molecule has 6 nitrogen and oxygen atoms in total. The summed E-state index contributed by atoms with van der Waals surface area (Å²) in [6, 6.07) is 12.7. The summed E-state index contributed by atoms with van der Waals surface area (Å²) < 4.78 is 0. The van der Waals surface area contributed by atoms with Gasteiger partial charge in [0.05, 0.1) is 13.2 Å². The summed E-state index contributed by atoms with van der Waals surface area (Å²) in [5, 5.41) is 37.0. The van der Waals surface area contributed by atoms with Crippen LogP contribution in [0.5, 0.6) is 11.5 Å². The van der Waals surface area contributed by atoms with E-state index in [1.807, 2.05) is 18.0 Å². The Bertz CT molecular complexity index is 1530. The lowest BCUT2D eigenvalue weighted by Crippen LogP contribution is -2.44. The largest absolute Gasteiger partial charge is 0.507 e. The smallest absolute Gasteiger partial charge is 0.123 e. The maximum atomic E-state index is 11.4. The van der Waals surface area contributed by atoms with Gasteiger partial charge in [0, 0.05) is 13.1 Å². The molecule has 0 aliphatic heterocycles. The summed E-state index contributed by atoms with van der Waals surface area (Å²) in [6.07, 6.45) is 0. The fourth-order valence-corrected chi connectivity index (χ4v) is 6.30. The van der Waals surface area contributed by atoms with Gasteiger partial charge in [-0.15, -0.1) is 0 Å². The first-order valence-electron chi connectivity index (χ1n) is 17.0. The molecule has 0 aromatic heterocycles. The summed E-state index contributed by atoms with van der Waals surface area (Å²) in [7, 11) is 0. The van der Waals surface area contributed by atoms with Crippen molar-refractivity contribution in [2.45, 2.75) is 145 Å². The number of aromatic hydroxyl groups is 2. The van der Waals surface area contributed by atoms with Crippen LogP contribution in [-0.4, -0.2) is 32.2 Å². The van der Waals surface area contributed by atoms with E-state index < -0.39 is 0 Å². The van der Waals surface area contributed by atoms with Crippen LogP contribution >= 0.6 is 0 Å². The molecule has 4 N–H and O–H groups in total. The van der Waals surface area contributed by atoms with Crippen LogP contribution in [-0.2, 0) is 41.3 Å². The number of nitrogens with one attached hydrogen (secondary N) is 1. The van der Waals surface area contributed by atoms with E-state index in [9.17, 15) is 15.4 Å². The van der Waals surface area contributed by atoms with Crippen LogP contribution < -0.4 is 5.43 Å². The zero-order chi connectivity index (χ0) is 35.9. The minimum atomic E-state index is -0.248. The Balaban J connectivity index is 2.01. The van der Waals surface area contributed by atoms with Crippen molar-refractivity contribution in [1.82, 2.24) is 15.5 Å². The van der Waals surface area contributed by atoms with Crippen LogP contribution in [0.25, 0.3) is 0 Å². The topological polar surface area (TPSA) is 79.2 Å². The molecule has 0 bridgehead atoms. The van der Waals surface area contributed by atoms with Crippen LogP contribution in [0, 0.1) is 20.8 Å². The molecule has 0 aliphatic rings. The Labute approximate surface area is 285 Å². The van der Waals surface area contributed by atoms with Crippen LogP contribution in [0.1, 0.15) is 139 Å². The van der Waals surface area contributed by atoms with E-state index in [-0.39, 0.29) is 28.3 Å². The minimum Gasteiger partial charge on any atom is -0.507 e. The van der Waals surface area contributed by atoms with Gasteiger partial charge in [-0.05, 0) is 98.1 Å². The van der Waals surface area contributed by atoms with E-state index >= 15 is 0 Å². The number of nitrogens with zero attached hydrogens (tertiary/aromatic N) is 2. The fourth-order valence-electron chi connectivity index (χ4n) is 6.30. The predicted octanol–water partition coefficient (Wildman–Crippen LogP) is 9.57. The molecule has 260 valence electrons. The molecular weight excluding hydrogens is 582 g/mol. The average Bonchev–Trinajstić information content (AvgIpc) is 2.89. The van der Waals surface area contributed by atoms with Gasteiger partial charge in [0.2, 0.25) is 0 Å². The summed E-state index contributed by atoms with van der Waals surface area (Å²) >= 11 is 0. The van der Waals surface area contributed by atoms with Gasteiger partial charge < -0.3 is 15.4 Å².